The van der Waals surface area contributed by atoms with Gasteiger partial charge in [-0.25, -0.2) is 4.79 Å². The number of benzene rings is 2. The van der Waals surface area contributed by atoms with Gasteiger partial charge in [-0.15, -0.1) is 0 Å². The Morgan fingerprint density at radius 2 is 1.84 bits per heavy atom. The van der Waals surface area contributed by atoms with E-state index < -0.39 is 6.04 Å². The predicted molar refractivity (Wildman–Crippen MR) is 74.4 cm³/mol. The summed E-state index contributed by atoms with van der Waals surface area (Å²) in [5, 5.41) is 3.24. The highest BCUT2D eigenvalue weighted by atomic mass is 16.5. The zero-order chi connectivity index (χ0) is 13.4. The molecule has 3 heteroatoms. The van der Waals surface area contributed by atoms with Crippen molar-refractivity contribution in [2.75, 3.05) is 5.32 Å². The number of rotatable bonds is 1. The van der Waals surface area contributed by atoms with Crippen molar-refractivity contribution in [3.63, 3.8) is 0 Å². The van der Waals surface area contributed by atoms with Crippen molar-refractivity contribution in [2.45, 2.75) is 19.9 Å². The topological polar surface area (TPSA) is 38.3 Å². The van der Waals surface area contributed by atoms with Gasteiger partial charge in [-0.05, 0) is 42.7 Å². The molecule has 0 aliphatic carbocycles. The van der Waals surface area contributed by atoms with E-state index in [2.05, 4.69) is 12.2 Å². The number of hydrogen-bond donors (Lipinski definition) is 1. The summed E-state index contributed by atoms with van der Waals surface area (Å²) >= 11 is 0. The first kappa shape index (κ1) is 11.8. The van der Waals surface area contributed by atoms with Crippen molar-refractivity contribution in [3.8, 4) is 5.75 Å². The number of nitrogens with one attached hydrogen (secondary N) is 1. The van der Waals surface area contributed by atoms with E-state index in [1.807, 2.05) is 43.3 Å². The third kappa shape index (κ3) is 2.08. The number of para-hydroxylation sites is 2. The normalized spacial score (nSPS) is 17.4. The molecule has 0 fully saturated rings. The van der Waals surface area contributed by atoms with Gasteiger partial charge in [-0.3, -0.25) is 0 Å². The fourth-order valence-corrected chi connectivity index (χ4v) is 2.22. The first-order valence-corrected chi connectivity index (χ1v) is 6.29. The molecule has 19 heavy (non-hydrogen) atoms. The van der Waals surface area contributed by atoms with Gasteiger partial charge in [0.1, 0.15) is 0 Å². The third-order valence-corrected chi connectivity index (χ3v) is 3.50. The van der Waals surface area contributed by atoms with Crippen molar-refractivity contribution in [3.05, 3.63) is 59.2 Å². The minimum atomic E-state index is -0.436. The molecule has 3 rings (SSSR count). The molecule has 1 heterocycles. The van der Waals surface area contributed by atoms with Gasteiger partial charge < -0.3 is 10.1 Å². The second-order valence-corrected chi connectivity index (χ2v) is 4.84. The Balaban J connectivity index is 1.98. The molecule has 1 aliphatic rings. The Labute approximate surface area is 112 Å². The van der Waals surface area contributed by atoms with Gasteiger partial charge >= 0.3 is 5.97 Å². The lowest BCUT2D eigenvalue weighted by molar-refractivity contribution is -0.136. The van der Waals surface area contributed by atoms with Crippen LogP contribution in [0.3, 0.4) is 0 Å². The summed E-state index contributed by atoms with van der Waals surface area (Å²) in [5.74, 6) is 0.328. The molecule has 0 radical (unpaired) electrons. The third-order valence-electron chi connectivity index (χ3n) is 3.50. The van der Waals surface area contributed by atoms with Gasteiger partial charge in [0.05, 0.1) is 5.69 Å². The van der Waals surface area contributed by atoms with Gasteiger partial charge in [-0.1, -0.05) is 30.3 Å². The molecule has 3 nitrogen and oxygen atoms in total. The number of anilines is 1. The van der Waals surface area contributed by atoms with Crippen molar-refractivity contribution in [2.24, 2.45) is 0 Å². The van der Waals surface area contributed by atoms with E-state index >= 15 is 0 Å². The lowest BCUT2D eigenvalue weighted by Gasteiger charge is -2.26. The maximum Gasteiger partial charge on any atom is 0.338 e. The molecule has 0 saturated carbocycles. The molecule has 0 amide bonds. The Morgan fingerprint density at radius 1 is 1.05 bits per heavy atom. The van der Waals surface area contributed by atoms with Crippen LogP contribution < -0.4 is 10.1 Å². The molecule has 0 spiro atoms. The van der Waals surface area contributed by atoms with Crippen molar-refractivity contribution >= 4 is 11.7 Å². The van der Waals surface area contributed by atoms with Crippen LogP contribution in [0.15, 0.2) is 42.5 Å². The molecule has 1 aliphatic heterocycles. The molecule has 2 aromatic rings. The van der Waals surface area contributed by atoms with Gasteiger partial charge in [0.25, 0.3) is 0 Å². The molecule has 0 bridgehead atoms. The molecular weight excluding hydrogens is 238 g/mol. The van der Waals surface area contributed by atoms with E-state index in [1.165, 1.54) is 11.1 Å². The van der Waals surface area contributed by atoms with Gasteiger partial charge in [0, 0.05) is 0 Å². The summed E-state index contributed by atoms with van der Waals surface area (Å²) in [7, 11) is 0. The summed E-state index contributed by atoms with van der Waals surface area (Å²) in [6.07, 6.45) is 0. The molecule has 1 atom stereocenters. The number of carbonyl (C=O) groups is 1. The summed E-state index contributed by atoms with van der Waals surface area (Å²) in [6.45, 7) is 4.10. The minimum Gasteiger partial charge on any atom is -0.423 e. The maximum atomic E-state index is 12.1. The quantitative estimate of drug-likeness (QED) is 0.625. The lowest BCUT2D eigenvalue weighted by Crippen LogP contribution is -2.30. The highest BCUT2D eigenvalue weighted by molar-refractivity contribution is 5.88. The molecule has 0 saturated heterocycles. The van der Waals surface area contributed by atoms with E-state index in [1.54, 1.807) is 6.07 Å². The fourth-order valence-electron chi connectivity index (χ4n) is 2.22. The summed E-state index contributed by atoms with van der Waals surface area (Å²) in [4.78, 5) is 12.1. The Hall–Kier alpha value is -2.29. The van der Waals surface area contributed by atoms with Crippen LogP contribution in [0.25, 0.3) is 0 Å². The van der Waals surface area contributed by atoms with E-state index in [0.717, 1.165) is 11.3 Å². The van der Waals surface area contributed by atoms with Crippen LogP contribution in [0.4, 0.5) is 5.69 Å². The van der Waals surface area contributed by atoms with Crippen LogP contribution in [-0.4, -0.2) is 5.97 Å². The first-order valence-electron chi connectivity index (χ1n) is 6.29. The fraction of sp³-hybridized carbons (Fsp3) is 0.188. The number of aryl methyl sites for hydroxylation is 2. The van der Waals surface area contributed by atoms with Gasteiger partial charge in [0.15, 0.2) is 11.8 Å². The molecule has 0 unspecified atom stereocenters. The SMILES string of the molecule is Cc1ccc([C@H]2Nc3ccccc3OC2=O)cc1C. The minimum absolute atomic E-state index is 0.262. The Kier molecular flexibility index (Phi) is 2.75. The molecule has 0 aromatic heterocycles. The van der Waals surface area contributed by atoms with Crippen LogP contribution in [0.5, 0.6) is 5.75 Å². The van der Waals surface area contributed by atoms with Crippen LogP contribution >= 0.6 is 0 Å². The van der Waals surface area contributed by atoms with Crippen molar-refractivity contribution < 1.29 is 9.53 Å². The Bertz CT molecular complexity index is 649. The van der Waals surface area contributed by atoms with Crippen LogP contribution in [-0.2, 0) is 4.79 Å². The smallest absolute Gasteiger partial charge is 0.338 e. The molecule has 2 aromatic carbocycles. The number of ether oxygens (including phenoxy) is 1. The zero-order valence-electron chi connectivity index (χ0n) is 10.9. The molecule has 96 valence electrons. The largest absolute Gasteiger partial charge is 0.423 e. The van der Waals surface area contributed by atoms with Crippen LogP contribution in [0, 0.1) is 13.8 Å². The first-order chi connectivity index (χ1) is 9.15. The summed E-state index contributed by atoms with van der Waals surface area (Å²) in [6, 6.07) is 13.1. The van der Waals surface area contributed by atoms with E-state index in [0.29, 0.717) is 5.75 Å². The number of fused-ring (bicyclic) bond motifs is 1. The average molecular weight is 253 g/mol. The van der Waals surface area contributed by atoms with Crippen molar-refractivity contribution in [1.82, 2.24) is 0 Å². The predicted octanol–water partition coefficient (Wildman–Crippen LogP) is 3.38. The number of esters is 1. The second kappa shape index (κ2) is 4.43. The number of carbonyl (C=O) groups excluding carboxylic acids is 1. The maximum absolute atomic E-state index is 12.1. The molecular formula is C16H15NO2. The summed E-state index contributed by atoms with van der Waals surface area (Å²) < 4.78 is 5.37. The highest BCUT2D eigenvalue weighted by Gasteiger charge is 2.28. The average Bonchev–Trinajstić information content (AvgIpc) is 2.41. The standard InChI is InChI=1S/C16H15NO2/c1-10-7-8-12(9-11(10)2)15-16(18)19-14-6-4-3-5-13(14)17-15/h3-9,15,17H,1-2H3/t15-/m1/s1. The van der Waals surface area contributed by atoms with Crippen LogP contribution in [0.1, 0.15) is 22.7 Å². The highest BCUT2D eigenvalue weighted by Crippen LogP contribution is 2.34. The van der Waals surface area contributed by atoms with E-state index in [9.17, 15) is 4.79 Å². The number of hydrogen-bond acceptors (Lipinski definition) is 3. The summed E-state index contributed by atoms with van der Waals surface area (Å²) in [5.41, 5.74) is 4.17. The van der Waals surface area contributed by atoms with E-state index in [-0.39, 0.29) is 5.97 Å². The zero-order valence-corrected chi connectivity index (χ0v) is 10.9. The molecule has 1 N–H and O–H groups in total. The second-order valence-electron chi connectivity index (χ2n) is 4.84. The van der Waals surface area contributed by atoms with Gasteiger partial charge in [-0.2, -0.15) is 0 Å². The lowest BCUT2D eigenvalue weighted by atomic mass is 10.00. The van der Waals surface area contributed by atoms with Gasteiger partial charge in [0.2, 0.25) is 0 Å². The monoisotopic (exact) mass is 253 g/mol. The Morgan fingerprint density at radius 3 is 2.63 bits per heavy atom. The van der Waals surface area contributed by atoms with E-state index in [4.69, 9.17) is 4.74 Å². The van der Waals surface area contributed by atoms with Crippen molar-refractivity contribution in [1.29, 1.82) is 0 Å². The van der Waals surface area contributed by atoms with Crippen LogP contribution in [0.2, 0.25) is 0 Å².